The zero-order chi connectivity index (χ0) is 19.4. The number of hydrogen-bond donors (Lipinski definition) is 4. The Bertz CT molecular complexity index is 497. The van der Waals surface area contributed by atoms with Crippen molar-refractivity contribution in [2.45, 2.75) is 0 Å². The number of hydrogen-bond acceptors (Lipinski definition) is 14. The summed E-state index contributed by atoms with van der Waals surface area (Å²) in [5.74, 6) is 0. The molecule has 0 aliphatic rings. The molecule has 0 aromatic heterocycles. The molecule has 22 heteroatoms. The van der Waals surface area contributed by atoms with Crippen LogP contribution in [0.4, 0.5) is 0 Å². The Morgan fingerprint density at radius 1 is 0.429 bits per heavy atom. The maximum atomic E-state index is 10.7. The largest absolute Gasteiger partial charge is 0.810 e. The highest BCUT2D eigenvalue weighted by atomic mass is 31.2. The van der Waals surface area contributed by atoms with Crippen molar-refractivity contribution in [3.63, 3.8) is 0 Å². The summed E-state index contributed by atoms with van der Waals surface area (Å²) >= 11 is 0. The van der Waals surface area contributed by atoms with Gasteiger partial charge in [-0.2, -0.15) is 0 Å². The fourth-order valence-electron chi connectivity index (χ4n) is 1.63. The van der Waals surface area contributed by atoms with Gasteiger partial charge in [-0.3, -0.25) is 9.80 Å². The van der Waals surface area contributed by atoms with Gasteiger partial charge in [-0.1, -0.05) is 30.4 Å². The van der Waals surface area contributed by atoms with Gasteiger partial charge in [-0.25, -0.2) is 0 Å². The molecule has 0 fully saturated rings. The van der Waals surface area contributed by atoms with E-state index >= 15 is 0 Å². The standard InChI is InChI=1S/C6H20N2O12P4.4H3N/c9-21(10,11)3-7(4-22(12,13)14)1-2-8(5-23(15,16)17)6-24(18,19)20;;;;/h1-6H2,(H2,9,10,11)(H2,12,13,14)(H2,15,16,17)(H2,18,19,20);4*1H3/p-4. The molecule has 0 spiro atoms. The molecule has 0 aliphatic heterocycles. The number of nitrogens with zero attached hydrogens (tertiary/aromatic N) is 2. The molecule has 0 aliphatic carbocycles. The summed E-state index contributed by atoms with van der Waals surface area (Å²) in [7, 11) is -21.2. The van der Waals surface area contributed by atoms with E-state index in [0.29, 0.717) is 9.80 Å². The first-order valence-corrected chi connectivity index (χ1v) is 12.8. The molecule has 0 aromatic carbocycles. The average molecular weight is 500 g/mol. The minimum Gasteiger partial charge on any atom is -0.810 e. The van der Waals surface area contributed by atoms with Crippen molar-refractivity contribution in [3.05, 3.63) is 0 Å². The fraction of sp³-hybridized carbons (Fsp3) is 1.00. The van der Waals surface area contributed by atoms with Crippen molar-refractivity contribution in [1.82, 2.24) is 34.4 Å². The normalized spacial score (nSPS) is 12.5. The Labute approximate surface area is 161 Å². The van der Waals surface area contributed by atoms with Gasteiger partial charge in [0.2, 0.25) is 0 Å². The average Bonchev–Trinajstić information content (AvgIpc) is 2.16. The molecule has 0 atom stereocenters. The highest BCUT2D eigenvalue weighted by Gasteiger charge is 2.14. The van der Waals surface area contributed by atoms with Gasteiger partial charge in [0.1, 0.15) is 0 Å². The second-order valence-electron chi connectivity index (χ2n) is 4.80. The van der Waals surface area contributed by atoms with Crippen LogP contribution in [0.1, 0.15) is 0 Å². The topological polar surface area (TPSA) is 405 Å². The molecule has 0 amide bonds. The number of rotatable bonds is 11. The summed E-state index contributed by atoms with van der Waals surface area (Å²) in [5, 5.41) is 0. The smallest absolute Gasteiger partial charge is 0.0264 e. The van der Waals surface area contributed by atoms with Crippen LogP contribution in [0.3, 0.4) is 0 Å². The first-order valence-electron chi connectivity index (χ1n) is 5.85. The van der Waals surface area contributed by atoms with E-state index in [1.54, 1.807) is 0 Å². The number of quaternary nitrogens is 4. The lowest BCUT2D eigenvalue weighted by Gasteiger charge is -2.44. The molecule has 178 valence electrons. The van der Waals surface area contributed by atoms with Gasteiger partial charge in [-0.15, -0.1) is 0 Å². The summed E-state index contributed by atoms with van der Waals surface area (Å²) in [6.07, 6.45) is -5.63. The summed E-state index contributed by atoms with van der Waals surface area (Å²) in [4.78, 5) is 85.9. The van der Waals surface area contributed by atoms with Crippen LogP contribution < -0.4 is 63.7 Å². The zero-order valence-corrected chi connectivity index (χ0v) is 19.4. The molecular formula is C6H28N6O12P4-4. The quantitative estimate of drug-likeness (QED) is 0.192. The third-order valence-electron chi connectivity index (χ3n) is 2.23. The summed E-state index contributed by atoms with van der Waals surface area (Å²) in [5.41, 5.74) is 0. The molecule has 0 unspecified atom stereocenters. The predicted octanol–water partition coefficient (Wildman–Crippen LogP) is -5.42. The van der Waals surface area contributed by atoms with Gasteiger partial charge < -0.3 is 82.0 Å². The van der Waals surface area contributed by atoms with Gasteiger partial charge in [0, 0.05) is 38.2 Å². The van der Waals surface area contributed by atoms with Crippen LogP contribution in [-0.2, 0) is 18.3 Å². The monoisotopic (exact) mass is 500 g/mol. The Hall–Kier alpha value is 0.360. The van der Waals surface area contributed by atoms with Crippen molar-refractivity contribution in [3.8, 4) is 0 Å². The summed E-state index contributed by atoms with van der Waals surface area (Å²) < 4.78 is 42.7. The Kier molecular flexibility index (Phi) is 20.0. The predicted molar refractivity (Wildman–Crippen MR) is 87.2 cm³/mol. The Morgan fingerprint density at radius 2 is 0.571 bits per heavy atom. The minimum absolute atomic E-state index is 0. The molecule has 0 rings (SSSR count). The van der Waals surface area contributed by atoms with Crippen LogP contribution in [0.25, 0.3) is 0 Å². The van der Waals surface area contributed by atoms with E-state index < -0.39 is 68.6 Å². The lowest BCUT2D eigenvalue weighted by atomic mass is 10.5. The van der Waals surface area contributed by atoms with Gasteiger partial charge in [0.25, 0.3) is 0 Å². The van der Waals surface area contributed by atoms with E-state index in [1.165, 1.54) is 0 Å². The molecule has 18 nitrogen and oxygen atoms in total. The van der Waals surface area contributed by atoms with E-state index in [1.807, 2.05) is 0 Å². The SMILES string of the molecule is O=P([O-])([O-])CN(CCN(CP(=O)([O-])[O-])CP(=O)([O-])[O-])CP(=O)([O-])[O-].[NH4+].[NH4+].[NH4+].[NH4+]. The van der Waals surface area contributed by atoms with Crippen LogP contribution in [0, 0.1) is 0 Å². The zero-order valence-electron chi connectivity index (χ0n) is 15.8. The van der Waals surface area contributed by atoms with Gasteiger partial charge in [0.15, 0.2) is 0 Å². The van der Waals surface area contributed by atoms with Crippen LogP contribution >= 0.6 is 30.4 Å². The van der Waals surface area contributed by atoms with Crippen LogP contribution in [-0.4, -0.2) is 48.0 Å². The molecule has 0 saturated carbocycles. The van der Waals surface area contributed by atoms with E-state index in [2.05, 4.69) is 0 Å². The third kappa shape index (κ3) is 26.4. The molecular weight excluding hydrogens is 472 g/mol. The highest BCUT2D eigenvalue weighted by molar-refractivity contribution is 7.50. The molecule has 0 bridgehead atoms. The van der Waals surface area contributed by atoms with E-state index in [-0.39, 0.29) is 24.6 Å². The lowest BCUT2D eigenvalue weighted by Crippen LogP contribution is -2.43. The summed E-state index contributed by atoms with van der Waals surface area (Å²) in [6.45, 7) is -1.55. The van der Waals surface area contributed by atoms with Crippen molar-refractivity contribution < 1.29 is 57.4 Å². The minimum atomic E-state index is -5.30. The Balaban J connectivity index is -0.000000441. The van der Waals surface area contributed by atoms with Crippen molar-refractivity contribution >= 4 is 30.4 Å². The van der Waals surface area contributed by atoms with Crippen LogP contribution in [0.2, 0.25) is 0 Å². The third-order valence-corrected chi connectivity index (χ3v) is 5.21. The fourth-order valence-corrected chi connectivity index (χ4v) is 4.88. The second kappa shape index (κ2) is 14.4. The van der Waals surface area contributed by atoms with Crippen molar-refractivity contribution in [2.24, 2.45) is 0 Å². The highest BCUT2D eigenvalue weighted by Crippen LogP contribution is 2.32. The van der Waals surface area contributed by atoms with Crippen LogP contribution in [0.15, 0.2) is 0 Å². The van der Waals surface area contributed by atoms with Gasteiger partial charge >= 0.3 is 0 Å². The van der Waals surface area contributed by atoms with E-state index in [4.69, 9.17) is 0 Å². The molecule has 0 aromatic rings. The van der Waals surface area contributed by atoms with E-state index in [0.717, 1.165) is 0 Å². The first kappa shape index (κ1) is 38.9. The lowest BCUT2D eigenvalue weighted by molar-refractivity contribution is -0.322. The second-order valence-corrected chi connectivity index (χ2v) is 10.8. The van der Waals surface area contributed by atoms with Crippen LogP contribution in [0.5, 0.6) is 0 Å². The molecule has 0 saturated heterocycles. The Morgan fingerprint density at radius 3 is 0.679 bits per heavy atom. The molecule has 16 N–H and O–H groups in total. The maximum Gasteiger partial charge on any atom is 0.0264 e. The molecule has 0 radical (unpaired) electrons. The first-order chi connectivity index (χ1) is 10.4. The van der Waals surface area contributed by atoms with E-state index in [9.17, 15) is 57.4 Å². The maximum absolute atomic E-state index is 10.7. The molecule has 28 heavy (non-hydrogen) atoms. The van der Waals surface area contributed by atoms with Gasteiger partial charge in [-0.05, 0) is 0 Å². The van der Waals surface area contributed by atoms with Crippen molar-refractivity contribution in [1.29, 1.82) is 0 Å². The van der Waals surface area contributed by atoms with Crippen molar-refractivity contribution in [2.75, 3.05) is 38.2 Å². The van der Waals surface area contributed by atoms with Gasteiger partial charge in [0.05, 0.1) is 0 Å². The summed E-state index contributed by atoms with van der Waals surface area (Å²) in [6, 6.07) is 0. The molecule has 0 heterocycles.